The lowest BCUT2D eigenvalue weighted by Gasteiger charge is -2.11. The number of hydrogen-bond donors (Lipinski definition) is 1. The van der Waals surface area contributed by atoms with Crippen molar-refractivity contribution in [2.45, 2.75) is 13.2 Å². The predicted molar refractivity (Wildman–Crippen MR) is 119 cm³/mol. The van der Waals surface area contributed by atoms with Crippen molar-refractivity contribution in [1.29, 1.82) is 0 Å². The van der Waals surface area contributed by atoms with Gasteiger partial charge in [0.25, 0.3) is 5.91 Å². The molecule has 0 fully saturated rings. The maximum atomic E-state index is 12.3. The second-order valence-corrected chi connectivity index (χ2v) is 6.94. The molecule has 0 aliphatic rings. The van der Waals surface area contributed by atoms with Crippen LogP contribution >= 0.6 is 0 Å². The molecule has 0 aliphatic carbocycles. The number of benzene rings is 3. The Balaban J connectivity index is 1.25. The molecule has 0 atom stereocenters. The van der Waals surface area contributed by atoms with Crippen LogP contribution in [0.1, 0.15) is 11.1 Å². The van der Waals surface area contributed by atoms with Crippen molar-refractivity contribution in [1.82, 2.24) is 9.78 Å². The number of amides is 1. The third-order valence-electron chi connectivity index (χ3n) is 4.60. The molecule has 0 radical (unpaired) electrons. The number of rotatable bonds is 9. The monoisotopic (exact) mass is 413 g/mol. The van der Waals surface area contributed by atoms with E-state index in [4.69, 9.17) is 9.47 Å². The largest absolute Gasteiger partial charge is 0.489 e. The Morgan fingerprint density at radius 1 is 0.774 bits per heavy atom. The Kier molecular flexibility index (Phi) is 6.60. The molecule has 31 heavy (non-hydrogen) atoms. The van der Waals surface area contributed by atoms with E-state index in [2.05, 4.69) is 10.4 Å². The van der Waals surface area contributed by atoms with Crippen LogP contribution in [0.4, 0.5) is 5.82 Å². The minimum atomic E-state index is -0.251. The Morgan fingerprint density at radius 2 is 1.39 bits per heavy atom. The molecule has 1 heterocycles. The van der Waals surface area contributed by atoms with E-state index in [0.29, 0.717) is 24.7 Å². The maximum absolute atomic E-state index is 12.3. The van der Waals surface area contributed by atoms with Crippen molar-refractivity contribution < 1.29 is 14.3 Å². The van der Waals surface area contributed by atoms with E-state index in [-0.39, 0.29) is 12.5 Å². The Bertz CT molecular complexity index is 1090. The van der Waals surface area contributed by atoms with Gasteiger partial charge in [0.1, 0.15) is 23.9 Å². The number of carbonyl (C=O) groups is 1. The Morgan fingerprint density at radius 3 is 2.06 bits per heavy atom. The lowest BCUT2D eigenvalue weighted by molar-refractivity contribution is -0.118. The summed E-state index contributed by atoms with van der Waals surface area (Å²) in [5.41, 5.74) is 2.21. The summed E-state index contributed by atoms with van der Waals surface area (Å²) in [5, 5.41) is 7.12. The summed E-state index contributed by atoms with van der Waals surface area (Å²) in [6.45, 7) is 0.982. The zero-order valence-electron chi connectivity index (χ0n) is 17.0. The first-order valence-electron chi connectivity index (χ1n) is 10.0. The van der Waals surface area contributed by atoms with Gasteiger partial charge in [0.15, 0.2) is 6.61 Å². The third-order valence-corrected chi connectivity index (χ3v) is 4.60. The fraction of sp³-hybridized carbons (Fsp3) is 0.120. The topological polar surface area (TPSA) is 65.4 Å². The summed E-state index contributed by atoms with van der Waals surface area (Å²) in [5.74, 6) is 1.71. The molecule has 4 rings (SSSR count). The fourth-order valence-electron chi connectivity index (χ4n) is 3.02. The van der Waals surface area contributed by atoms with Crippen LogP contribution in [0.5, 0.6) is 11.5 Å². The Hall–Kier alpha value is -4.06. The molecule has 0 saturated carbocycles. The van der Waals surface area contributed by atoms with Gasteiger partial charge in [-0.05, 0) is 35.4 Å². The van der Waals surface area contributed by atoms with E-state index in [1.807, 2.05) is 72.8 Å². The van der Waals surface area contributed by atoms with Crippen LogP contribution in [0.15, 0.2) is 97.2 Å². The van der Waals surface area contributed by atoms with Gasteiger partial charge in [-0.1, -0.05) is 60.7 Å². The van der Waals surface area contributed by atoms with Gasteiger partial charge in [-0.2, -0.15) is 5.10 Å². The molecule has 0 unspecified atom stereocenters. The van der Waals surface area contributed by atoms with E-state index in [9.17, 15) is 4.79 Å². The van der Waals surface area contributed by atoms with Crippen LogP contribution in [-0.2, 0) is 17.9 Å². The average molecular weight is 413 g/mol. The van der Waals surface area contributed by atoms with Crippen LogP contribution in [0.2, 0.25) is 0 Å². The number of carbonyl (C=O) groups excluding carboxylic acids is 1. The second kappa shape index (κ2) is 10.1. The number of anilines is 1. The van der Waals surface area contributed by atoms with Crippen molar-refractivity contribution in [3.63, 3.8) is 0 Å². The first kappa shape index (κ1) is 20.2. The Labute approximate surface area is 181 Å². The van der Waals surface area contributed by atoms with Crippen molar-refractivity contribution >= 4 is 11.7 Å². The van der Waals surface area contributed by atoms with Gasteiger partial charge in [0, 0.05) is 6.07 Å². The number of nitrogens with zero attached hydrogens (tertiary/aromatic N) is 2. The number of hydrogen-bond acceptors (Lipinski definition) is 4. The molecular weight excluding hydrogens is 390 g/mol. The fourth-order valence-corrected chi connectivity index (χ4v) is 3.02. The van der Waals surface area contributed by atoms with Crippen LogP contribution in [0, 0.1) is 0 Å². The van der Waals surface area contributed by atoms with E-state index >= 15 is 0 Å². The minimum Gasteiger partial charge on any atom is -0.489 e. The lowest BCUT2D eigenvalue weighted by Crippen LogP contribution is -2.22. The van der Waals surface area contributed by atoms with Gasteiger partial charge in [-0.25, -0.2) is 4.68 Å². The van der Waals surface area contributed by atoms with Crippen LogP contribution < -0.4 is 14.8 Å². The van der Waals surface area contributed by atoms with Gasteiger partial charge in [0.05, 0.1) is 12.7 Å². The van der Waals surface area contributed by atoms with Crippen LogP contribution in [0.3, 0.4) is 0 Å². The van der Waals surface area contributed by atoms with Gasteiger partial charge >= 0.3 is 0 Å². The van der Waals surface area contributed by atoms with E-state index in [0.717, 1.165) is 16.9 Å². The quantitative estimate of drug-likeness (QED) is 0.438. The van der Waals surface area contributed by atoms with Gasteiger partial charge in [-0.3, -0.25) is 4.79 Å². The van der Waals surface area contributed by atoms with Crippen LogP contribution in [0.25, 0.3) is 0 Å². The molecule has 6 nitrogen and oxygen atoms in total. The summed E-state index contributed by atoms with van der Waals surface area (Å²) in [4.78, 5) is 12.3. The van der Waals surface area contributed by atoms with Crippen molar-refractivity contribution in [2.75, 3.05) is 11.9 Å². The highest BCUT2D eigenvalue weighted by Crippen LogP contribution is 2.19. The van der Waals surface area contributed by atoms with Gasteiger partial charge in [-0.15, -0.1) is 0 Å². The molecule has 0 spiro atoms. The third kappa shape index (κ3) is 5.96. The highest BCUT2D eigenvalue weighted by molar-refractivity contribution is 5.91. The molecule has 3 aromatic carbocycles. The summed E-state index contributed by atoms with van der Waals surface area (Å²) in [6, 6.07) is 28.9. The average Bonchev–Trinajstić information content (AvgIpc) is 3.24. The summed E-state index contributed by atoms with van der Waals surface area (Å²) in [6.07, 6.45) is 1.66. The lowest BCUT2D eigenvalue weighted by atomic mass is 10.2. The van der Waals surface area contributed by atoms with Gasteiger partial charge in [0.2, 0.25) is 0 Å². The predicted octanol–water partition coefficient (Wildman–Crippen LogP) is 4.53. The molecule has 4 aromatic rings. The van der Waals surface area contributed by atoms with Crippen molar-refractivity contribution in [2.24, 2.45) is 0 Å². The summed E-state index contributed by atoms with van der Waals surface area (Å²) in [7, 11) is 0. The zero-order chi connectivity index (χ0) is 21.3. The van der Waals surface area contributed by atoms with Crippen molar-refractivity contribution in [3.8, 4) is 11.5 Å². The molecule has 1 aromatic heterocycles. The smallest absolute Gasteiger partial charge is 0.263 e. The first-order chi connectivity index (χ1) is 15.3. The maximum Gasteiger partial charge on any atom is 0.263 e. The normalized spacial score (nSPS) is 10.5. The van der Waals surface area contributed by atoms with Crippen molar-refractivity contribution in [3.05, 3.63) is 108 Å². The molecule has 0 bridgehead atoms. The molecule has 1 amide bonds. The molecule has 6 heteroatoms. The molecular formula is C25H23N3O3. The minimum absolute atomic E-state index is 0.0965. The van der Waals surface area contributed by atoms with Crippen LogP contribution in [-0.4, -0.2) is 22.3 Å². The molecule has 0 saturated heterocycles. The highest BCUT2D eigenvalue weighted by Gasteiger charge is 2.09. The number of nitrogens with one attached hydrogen (secondary N) is 1. The van der Waals surface area contributed by atoms with E-state index in [1.165, 1.54) is 0 Å². The number of ether oxygens (including phenoxy) is 2. The first-order valence-corrected chi connectivity index (χ1v) is 10.0. The van der Waals surface area contributed by atoms with Gasteiger partial charge < -0.3 is 14.8 Å². The standard InChI is InChI=1S/C25H23N3O3/c29-25(27-24-15-16-26-28(24)17-20-7-3-1-4-8-20)19-31-23-13-11-22(12-14-23)30-18-21-9-5-2-6-10-21/h1-16H,17-19H2,(H,27,29). The highest BCUT2D eigenvalue weighted by atomic mass is 16.5. The van der Waals surface area contributed by atoms with E-state index < -0.39 is 0 Å². The second-order valence-electron chi connectivity index (χ2n) is 6.94. The number of aromatic nitrogens is 2. The zero-order valence-corrected chi connectivity index (χ0v) is 17.0. The molecule has 156 valence electrons. The van der Waals surface area contributed by atoms with E-state index in [1.54, 1.807) is 29.1 Å². The summed E-state index contributed by atoms with van der Waals surface area (Å²) >= 11 is 0. The molecule has 0 aliphatic heterocycles. The summed E-state index contributed by atoms with van der Waals surface area (Å²) < 4.78 is 13.1. The SMILES string of the molecule is O=C(COc1ccc(OCc2ccccc2)cc1)Nc1ccnn1Cc1ccccc1. The molecule has 1 N–H and O–H groups in total.